The molecule has 0 aliphatic heterocycles. The van der Waals surface area contributed by atoms with Gasteiger partial charge in [0.15, 0.2) is 0 Å². The summed E-state index contributed by atoms with van der Waals surface area (Å²) in [4.78, 5) is 35.3. The van der Waals surface area contributed by atoms with Gasteiger partial charge in [-0.05, 0) is 31.2 Å². The average molecular weight is 484 g/mol. The number of halogens is 1. The van der Waals surface area contributed by atoms with Crippen molar-refractivity contribution in [1.82, 2.24) is 9.99 Å². The van der Waals surface area contributed by atoms with Crippen molar-refractivity contribution in [2.24, 2.45) is 5.10 Å². The van der Waals surface area contributed by atoms with Gasteiger partial charge in [0.25, 0.3) is 17.2 Å². The van der Waals surface area contributed by atoms with Crippen LogP contribution >= 0.6 is 11.6 Å². The number of hydrazone groups is 1. The van der Waals surface area contributed by atoms with Gasteiger partial charge >= 0.3 is 0 Å². The maximum absolute atomic E-state index is 12.6. The molecule has 1 aromatic carbocycles. The predicted molar refractivity (Wildman–Crippen MR) is 122 cm³/mol. The number of benzene rings is 1. The lowest BCUT2D eigenvalue weighted by atomic mass is 10.1. The largest absolute Gasteiger partial charge is 0.455 e. The fourth-order valence-electron chi connectivity index (χ4n) is 3.15. The van der Waals surface area contributed by atoms with Crippen LogP contribution in [0, 0.1) is 28.4 Å². The van der Waals surface area contributed by atoms with Crippen LogP contribution in [0.5, 0.6) is 0 Å². The van der Waals surface area contributed by atoms with E-state index in [-0.39, 0.29) is 40.9 Å². The third kappa shape index (κ3) is 5.37. The highest BCUT2D eigenvalue weighted by molar-refractivity contribution is 6.33. The number of nitrogens with one attached hydrogen (secondary N) is 1. The van der Waals surface area contributed by atoms with Crippen LogP contribution < -0.4 is 11.0 Å². The lowest BCUT2D eigenvalue weighted by Gasteiger charge is -2.12. The number of amides is 1. The summed E-state index contributed by atoms with van der Waals surface area (Å²) in [5.41, 5.74) is 2.72. The van der Waals surface area contributed by atoms with Crippen molar-refractivity contribution in [3.8, 4) is 17.4 Å². The van der Waals surface area contributed by atoms with E-state index in [1.54, 1.807) is 25.1 Å². The Balaban J connectivity index is 1.71. The highest BCUT2D eigenvalue weighted by Crippen LogP contribution is 2.32. The number of carbonyl (C=O) groups is 1. The number of methoxy groups -OCH3 is 1. The van der Waals surface area contributed by atoms with Crippen molar-refractivity contribution in [2.45, 2.75) is 20.1 Å². The molecule has 0 spiro atoms. The van der Waals surface area contributed by atoms with Gasteiger partial charge in [-0.25, -0.2) is 5.43 Å². The SMILES string of the molecule is COCc1cc(C)n(CC(=O)NN=Cc2ccc(-c3cc([N+](=O)[O-])ccc3Cl)o2)c(=O)c1C#N. The molecule has 1 N–H and O–H groups in total. The molecule has 0 aliphatic rings. The second-order valence-electron chi connectivity index (χ2n) is 7.04. The van der Waals surface area contributed by atoms with Crippen molar-refractivity contribution >= 4 is 29.4 Å². The molecule has 3 rings (SSSR count). The molecule has 2 heterocycles. The number of carbonyl (C=O) groups excluding carboxylic acids is 1. The standard InChI is InChI=1S/C22H18ClN5O6/c1-13-7-14(12-33-2)18(9-24)22(30)27(13)11-21(29)26-25-10-16-4-6-20(34-16)17-8-15(28(31)32)3-5-19(17)23/h3-8,10H,11-12H2,1-2H3,(H,26,29). The Hall–Kier alpha value is -4.27. The van der Waals surface area contributed by atoms with Crippen molar-refractivity contribution in [3.63, 3.8) is 0 Å². The number of pyridine rings is 1. The summed E-state index contributed by atoms with van der Waals surface area (Å²) >= 11 is 6.11. The molecule has 0 saturated heterocycles. The van der Waals surface area contributed by atoms with Crippen LogP contribution in [0.2, 0.25) is 5.02 Å². The highest BCUT2D eigenvalue weighted by atomic mass is 35.5. The van der Waals surface area contributed by atoms with E-state index in [4.69, 9.17) is 20.8 Å². The average Bonchev–Trinajstić information content (AvgIpc) is 3.26. The van der Waals surface area contributed by atoms with Gasteiger partial charge in [-0.15, -0.1) is 0 Å². The number of rotatable bonds is 8. The second-order valence-corrected chi connectivity index (χ2v) is 7.45. The first-order valence-electron chi connectivity index (χ1n) is 9.73. The molecular formula is C22H18ClN5O6. The first-order chi connectivity index (χ1) is 16.2. The van der Waals surface area contributed by atoms with Gasteiger partial charge in [-0.1, -0.05) is 11.6 Å². The summed E-state index contributed by atoms with van der Waals surface area (Å²) < 4.78 is 11.7. The lowest BCUT2D eigenvalue weighted by molar-refractivity contribution is -0.384. The summed E-state index contributed by atoms with van der Waals surface area (Å²) in [7, 11) is 1.45. The molecule has 2 aromatic heterocycles. The molecule has 0 fully saturated rings. The van der Waals surface area contributed by atoms with Gasteiger partial charge < -0.3 is 13.7 Å². The number of hydrogen-bond donors (Lipinski definition) is 1. The van der Waals surface area contributed by atoms with E-state index in [1.165, 1.54) is 31.5 Å². The maximum atomic E-state index is 12.6. The van der Waals surface area contributed by atoms with Crippen LogP contribution in [-0.2, 0) is 22.7 Å². The highest BCUT2D eigenvalue weighted by Gasteiger charge is 2.16. The molecule has 34 heavy (non-hydrogen) atoms. The smallest absolute Gasteiger partial charge is 0.270 e. The number of nitro groups is 1. The first kappa shape index (κ1) is 24.4. The number of nitrogens with zero attached hydrogens (tertiary/aromatic N) is 4. The molecule has 1 amide bonds. The van der Waals surface area contributed by atoms with Gasteiger partial charge in [0, 0.05) is 36.1 Å². The summed E-state index contributed by atoms with van der Waals surface area (Å²) in [6.45, 7) is 1.39. The predicted octanol–water partition coefficient (Wildman–Crippen LogP) is 3.15. The number of nitro benzene ring substituents is 1. The maximum Gasteiger partial charge on any atom is 0.270 e. The Morgan fingerprint density at radius 2 is 2.15 bits per heavy atom. The van der Waals surface area contributed by atoms with E-state index in [9.17, 15) is 25.0 Å². The Morgan fingerprint density at radius 3 is 2.82 bits per heavy atom. The molecule has 0 unspecified atom stereocenters. The zero-order chi connectivity index (χ0) is 24.8. The van der Waals surface area contributed by atoms with Crippen LogP contribution in [-0.4, -0.2) is 28.7 Å². The quantitative estimate of drug-likeness (QED) is 0.293. The molecule has 0 saturated carbocycles. The Morgan fingerprint density at radius 1 is 1.38 bits per heavy atom. The van der Waals surface area contributed by atoms with E-state index in [2.05, 4.69) is 10.5 Å². The number of aromatic nitrogens is 1. The number of nitriles is 1. The molecule has 174 valence electrons. The number of ether oxygens (including phenoxy) is 1. The van der Waals surface area contributed by atoms with Gasteiger partial charge in [0.2, 0.25) is 0 Å². The van der Waals surface area contributed by atoms with Crippen molar-refractivity contribution in [1.29, 1.82) is 5.26 Å². The minimum Gasteiger partial charge on any atom is -0.455 e. The number of hydrogen-bond acceptors (Lipinski definition) is 8. The molecular weight excluding hydrogens is 466 g/mol. The van der Waals surface area contributed by atoms with Crippen LogP contribution in [0.3, 0.4) is 0 Å². The molecule has 3 aromatic rings. The number of aryl methyl sites for hydroxylation is 1. The molecule has 12 heteroatoms. The number of non-ortho nitro benzene ring substituents is 1. The van der Waals surface area contributed by atoms with Crippen molar-refractivity contribution in [3.05, 3.63) is 84.5 Å². The van der Waals surface area contributed by atoms with Crippen LogP contribution in [0.15, 0.2) is 50.7 Å². The molecule has 0 atom stereocenters. The molecule has 11 nitrogen and oxygen atoms in total. The minimum atomic E-state index is -0.599. The third-order valence-corrected chi connectivity index (χ3v) is 5.07. The first-order valence-corrected chi connectivity index (χ1v) is 10.1. The van der Waals surface area contributed by atoms with Gasteiger partial charge in [0.1, 0.15) is 29.7 Å². The topological polar surface area (TPSA) is 153 Å². The van der Waals surface area contributed by atoms with Crippen LogP contribution in [0.4, 0.5) is 5.69 Å². The molecule has 0 radical (unpaired) electrons. The normalized spacial score (nSPS) is 10.9. The third-order valence-electron chi connectivity index (χ3n) is 4.74. The summed E-state index contributed by atoms with van der Waals surface area (Å²) in [6.07, 6.45) is 1.23. The van der Waals surface area contributed by atoms with Crippen molar-refractivity contribution in [2.75, 3.05) is 7.11 Å². The van der Waals surface area contributed by atoms with E-state index in [0.717, 1.165) is 4.57 Å². The minimum absolute atomic E-state index is 0.0910. The zero-order valence-corrected chi connectivity index (χ0v) is 18.8. The van der Waals surface area contributed by atoms with Gasteiger partial charge in [-0.2, -0.15) is 10.4 Å². The Bertz CT molecular complexity index is 1390. The molecule has 0 bridgehead atoms. The Kier molecular flexibility index (Phi) is 7.57. The summed E-state index contributed by atoms with van der Waals surface area (Å²) in [5, 5.41) is 24.4. The van der Waals surface area contributed by atoms with E-state index in [0.29, 0.717) is 16.8 Å². The second kappa shape index (κ2) is 10.6. The van der Waals surface area contributed by atoms with Gasteiger partial charge in [0.05, 0.1) is 22.8 Å². The Labute approximate surface area is 198 Å². The summed E-state index contributed by atoms with van der Waals surface area (Å²) in [5.74, 6) is -0.0657. The van der Waals surface area contributed by atoms with E-state index < -0.39 is 16.4 Å². The van der Waals surface area contributed by atoms with E-state index >= 15 is 0 Å². The van der Waals surface area contributed by atoms with Gasteiger partial charge in [-0.3, -0.25) is 19.7 Å². The fourth-order valence-corrected chi connectivity index (χ4v) is 3.36. The number of furan rings is 1. The molecule has 0 aliphatic carbocycles. The van der Waals surface area contributed by atoms with Crippen LogP contribution in [0.1, 0.15) is 22.6 Å². The fraction of sp³-hybridized carbons (Fsp3) is 0.182. The zero-order valence-electron chi connectivity index (χ0n) is 18.1. The monoisotopic (exact) mass is 483 g/mol. The lowest BCUT2D eigenvalue weighted by Crippen LogP contribution is -2.33. The van der Waals surface area contributed by atoms with Crippen molar-refractivity contribution < 1.29 is 18.9 Å². The summed E-state index contributed by atoms with van der Waals surface area (Å²) in [6, 6.07) is 10.5. The van der Waals surface area contributed by atoms with E-state index in [1.807, 2.05) is 6.07 Å². The van der Waals surface area contributed by atoms with Crippen LogP contribution in [0.25, 0.3) is 11.3 Å².